The molecule has 0 radical (unpaired) electrons. The number of aromatic nitrogens is 2. The highest BCUT2D eigenvalue weighted by Gasteiger charge is 2.25. The van der Waals surface area contributed by atoms with Gasteiger partial charge >= 0.3 is 0 Å². The van der Waals surface area contributed by atoms with Gasteiger partial charge in [-0.05, 0) is 31.9 Å². The topological polar surface area (TPSA) is 54.2 Å². The maximum Gasteiger partial charge on any atom is 0.268 e. The molecular weight excluding hydrogens is 284 g/mol. The molecule has 1 saturated heterocycles. The maximum absolute atomic E-state index is 5.50. The molecule has 1 atom stereocenters. The number of nitrogens with zero attached hydrogens (tertiary/aromatic N) is 3. The average molecular weight is 306 g/mol. The van der Waals surface area contributed by atoms with E-state index in [1.54, 1.807) is 11.3 Å². The highest BCUT2D eigenvalue weighted by Crippen LogP contribution is 2.31. The normalized spacial score (nSPS) is 18.0. The van der Waals surface area contributed by atoms with E-state index in [0.29, 0.717) is 5.89 Å². The predicted octanol–water partition coefficient (Wildman–Crippen LogP) is 2.77. The minimum atomic E-state index is 0.256. The smallest absolute Gasteiger partial charge is 0.268 e. The molecule has 1 aliphatic rings. The van der Waals surface area contributed by atoms with Crippen molar-refractivity contribution in [2.45, 2.75) is 33.2 Å². The van der Waals surface area contributed by atoms with Crippen molar-refractivity contribution in [2.24, 2.45) is 0 Å². The fourth-order valence-corrected chi connectivity index (χ4v) is 3.70. The summed E-state index contributed by atoms with van der Waals surface area (Å²) in [4.78, 5) is 9.47. The van der Waals surface area contributed by atoms with Crippen molar-refractivity contribution in [2.75, 3.05) is 26.2 Å². The first-order valence-electron chi connectivity index (χ1n) is 7.54. The number of thiophene rings is 1. The van der Waals surface area contributed by atoms with Crippen LogP contribution < -0.4 is 5.32 Å². The van der Waals surface area contributed by atoms with E-state index in [1.807, 2.05) is 0 Å². The van der Waals surface area contributed by atoms with Crippen molar-refractivity contribution < 1.29 is 4.52 Å². The van der Waals surface area contributed by atoms with Crippen molar-refractivity contribution in [3.8, 4) is 10.8 Å². The quantitative estimate of drug-likeness (QED) is 0.941. The Hall–Kier alpha value is -1.24. The van der Waals surface area contributed by atoms with Crippen molar-refractivity contribution in [3.05, 3.63) is 22.3 Å². The van der Waals surface area contributed by atoms with Gasteiger partial charge in [0.15, 0.2) is 5.82 Å². The summed E-state index contributed by atoms with van der Waals surface area (Å²) in [7, 11) is 0. The SMILES string of the molecule is CCC(c1noc(-c2cc(C)c(C)s2)n1)N1CCNCC1. The number of hydrogen-bond acceptors (Lipinski definition) is 6. The summed E-state index contributed by atoms with van der Waals surface area (Å²) >= 11 is 1.72. The number of rotatable bonds is 4. The van der Waals surface area contributed by atoms with Crippen LogP contribution in [0.4, 0.5) is 0 Å². The molecule has 3 rings (SSSR count). The minimum Gasteiger partial charge on any atom is -0.333 e. The Morgan fingerprint density at radius 1 is 1.38 bits per heavy atom. The lowest BCUT2D eigenvalue weighted by molar-refractivity contribution is 0.160. The second-order valence-electron chi connectivity index (χ2n) is 5.52. The zero-order valence-electron chi connectivity index (χ0n) is 12.8. The van der Waals surface area contributed by atoms with E-state index in [4.69, 9.17) is 4.52 Å². The maximum atomic E-state index is 5.50. The fourth-order valence-electron chi connectivity index (χ4n) is 2.75. The predicted molar refractivity (Wildman–Crippen MR) is 84.6 cm³/mol. The Morgan fingerprint density at radius 3 is 2.76 bits per heavy atom. The second-order valence-corrected chi connectivity index (χ2v) is 6.77. The summed E-state index contributed by atoms with van der Waals surface area (Å²) in [5.41, 5.74) is 1.28. The Labute approximate surface area is 129 Å². The van der Waals surface area contributed by atoms with E-state index in [0.717, 1.165) is 43.3 Å². The van der Waals surface area contributed by atoms with Gasteiger partial charge in [-0.25, -0.2) is 0 Å². The molecular formula is C15H22N4OS. The summed E-state index contributed by atoms with van der Waals surface area (Å²) in [6.45, 7) is 10.6. The van der Waals surface area contributed by atoms with Crippen LogP contribution in [-0.2, 0) is 0 Å². The van der Waals surface area contributed by atoms with Crippen LogP contribution >= 0.6 is 11.3 Å². The molecule has 1 unspecified atom stereocenters. The monoisotopic (exact) mass is 306 g/mol. The third-order valence-corrected chi connectivity index (χ3v) is 5.24. The molecule has 0 bridgehead atoms. The van der Waals surface area contributed by atoms with Crippen molar-refractivity contribution in [1.29, 1.82) is 0 Å². The van der Waals surface area contributed by atoms with Crippen molar-refractivity contribution in [3.63, 3.8) is 0 Å². The number of aryl methyl sites for hydroxylation is 2. The standard InChI is InChI=1S/C15H22N4OS/c1-4-12(19-7-5-16-6-8-19)14-17-15(20-18-14)13-9-10(2)11(3)21-13/h9,12,16H,4-8H2,1-3H3. The molecule has 3 heterocycles. The zero-order chi connectivity index (χ0) is 14.8. The molecule has 1 aliphatic heterocycles. The first-order valence-corrected chi connectivity index (χ1v) is 8.36. The van der Waals surface area contributed by atoms with Gasteiger partial charge in [-0.3, -0.25) is 4.90 Å². The summed E-state index contributed by atoms with van der Waals surface area (Å²) in [6, 6.07) is 2.38. The number of piperazine rings is 1. The van der Waals surface area contributed by atoms with E-state index >= 15 is 0 Å². The van der Waals surface area contributed by atoms with Crippen LogP contribution in [-0.4, -0.2) is 41.2 Å². The van der Waals surface area contributed by atoms with Gasteiger partial charge in [0, 0.05) is 31.1 Å². The highest BCUT2D eigenvalue weighted by atomic mass is 32.1. The lowest BCUT2D eigenvalue weighted by Crippen LogP contribution is -2.45. The molecule has 114 valence electrons. The van der Waals surface area contributed by atoms with Gasteiger partial charge in [-0.1, -0.05) is 12.1 Å². The van der Waals surface area contributed by atoms with E-state index in [-0.39, 0.29) is 6.04 Å². The number of hydrogen-bond donors (Lipinski definition) is 1. The largest absolute Gasteiger partial charge is 0.333 e. The van der Waals surface area contributed by atoms with Crippen LogP contribution in [0.5, 0.6) is 0 Å². The summed E-state index contributed by atoms with van der Waals surface area (Å²) in [5.74, 6) is 1.47. The Bertz CT molecular complexity index is 581. The van der Waals surface area contributed by atoms with Crippen LogP contribution in [0.25, 0.3) is 10.8 Å². The molecule has 21 heavy (non-hydrogen) atoms. The highest BCUT2D eigenvalue weighted by molar-refractivity contribution is 7.15. The van der Waals surface area contributed by atoms with Gasteiger partial charge in [-0.2, -0.15) is 4.98 Å². The summed E-state index contributed by atoms with van der Waals surface area (Å²) in [5, 5.41) is 7.62. The molecule has 6 heteroatoms. The molecule has 0 spiro atoms. The summed E-state index contributed by atoms with van der Waals surface area (Å²) in [6.07, 6.45) is 1.00. The van der Waals surface area contributed by atoms with Crippen LogP contribution in [0.15, 0.2) is 10.6 Å². The van der Waals surface area contributed by atoms with E-state index < -0.39 is 0 Å². The van der Waals surface area contributed by atoms with Crippen molar-refractivity contribution >= 4 is 11.3 Å². The van der Waals surface area contributed by atoms with E-state index in [2.05, 4.69) is 47.2 Å². The molecule has 0 aromatic carbocycles. The average Bonchev–Trinajstić information content (AvgIpc) is 3.09. The minimum absolute atomic E-state index is 0.256. The van der Waals surface area contributed by atoms with Crippen molar-refractivity contribution in [1.82, 2.24) is 20.4 Å². The van der Waals surface area contributed by atoms with E-state index in [9.17, 15) is 0 Å². The van der Waals surface area contributed by atoms with Gasteiger partial charge in [-0.15, -0.1) is 11.3 Å². The van der Waals surface area contributed by atoms with Crippen LogP contribution in [0.1, 0.15) is 35.7 Å². The Morgan fingerprint density at radius 2 is 2.14 bits per heavy atom. The van der Waals surface area contributed by atoms with Gasteiger partial charge in [0.25, 0.3) is 5.89 Å². The third-order valence-electron chi connectivity index (χ3n) is 4.10. The fraction of sp³-hybridized carbons (Fsp3) is 0.600. The molecule has 5 nitrogen and oxygen atoms in total. The molecule has 2 aromatic heterocycles. The third kappa shape index (κ3) is 3.02. The van der Waals surface area contributed by atoms with Crippen LogP contribution in [0.2, 0.25) is 0 Å². The molecule has 1 fully saturated rings. The second kappa shape index (κ2) is 6.25. The van der Waals surface area contributed by atoms with Gasteiger partial charge in [0.2, 0.25) is 0 Å². The lowest BCUT2D eigenvalue weighted by atomic mass is 10.1. The summed E-state index contributed by atoms with van der Waals surface area (Å²) < 4.78 is 5.50. The van der Waals surface area contributed by atoms with Crippen LogP contribution in [0.3, 0.4) is 0 Å². The van der Waals surface area contributed by atoms with Crippen LogP contribution in [0, 0.1) is 13.8 Å². The number of nitrogens with one attached hydrogen (secondary N) is 1. The molecule has 0 saturated carbocycles. The molecule has 0 aliphatic carbocycles. The Balaban J connectivity index is 1.82. The first kappa shape index (κ1) is 14.7. The molecule has 1 N–H and O–H groups in total. The first-order chi connectivity index (χ1) is 10.2. The zero-order valence-corrected chi connectivity index (χ0v) is 13.7. The van der Waals surface area contributed by atoms with Gasteiger partial charge in [0.05, 0.1) is 10.9 Å². The van der Waals surface area contributed by atoms with E-state index in [1.165, 1.54) is 10.4 Å². The Kier molecular flexibility index (Phi) is 4.37. The lowest BCUT2D eigenvalue weighted by Gasteiger charge is -2.32. The van der Waals surface area contributed by atoms with Gasteiger partial charge < -0.3 is 9.84 Å². The molecule has 2 aromatic rings. The van der Waals surface area contributed by atoms with Gasteiger partial charge in [0.1, 0.15) is 0 Å². The molecule has 0 amide bonds.